The molecular formula is C14H21N3O2. The third kappa shape index (κ3) is 3.38. The number of carbonyl (C=O) groups excluding carboxylic acids is 1. The molecule has 19 heavy (non-hydrogen) atoms. The van der Waals surface area contributed by atoms with Crippen LogP contribution >= 0.6 is 0 Å². The van der Waals surface area contributed by atoms with Crippen LogP contribution in [0.3, 0.4) is 0 Å². The lowest BCUT2D eigenvalue weighted by Gasteiger charge is -2.32. The van der Waals surface area contributed by atoms with Gasteiger partial charge in [0, 0.05) is 37.4 Å². The smallest absolute Gasteiger partial charge is 0.260 e. The molecule has 0 radical (unpaired) electrons. The molecule has 0 aromatic heterocycles. The maximum absolute atomic E-state index is 12.0. The molecule has 0 aliphatic carbocycles. The molecule has 1 fully saturated rings. The molecule has 0 unspecified atom stereocenters. The zero-order chi connectivity index (χ0) is 13.8. The number of ether oxygens (including phenoxy) is 1. The normalized spacial score (nSPS) is 16.4. The first-order valence-electron chi connectivity index (χ1n) is 6.52. The SMILES string of the molecule is Cc1c(N)cccc1OCC(=O)N1CCN(C)CC1. The summed E-state index contributed by atoms with van der Waals surface area (Å²) in [6.07, 6.45) is 0. The number of benzene rings is 1. The van der Waals surface area contributed by atoms with Gasteiger partial charge in [0.05, 0.1) is 0 Å². The zero-order valence-electron chi connectivity index (χ0n) is 11.6. The lowest BCUT2D eigenvalue weighted by molar-refractivity contribution is -0.134. The third-order valence-electron chi connectivity index (χ3n) is 3.53. The number of nitrogens with two attached hydrogens (primary N) is 1. The molecule has 1 aromatic carbocycles. The van der Waals surface area contributed by atoms with E-state index in [1.807, 2.05) is 30.0 Å². The molecule has 1 heterocycles. The number of anilines is 1. The second-order valence-electron chi connectivity index (χ2n) is 4.94. The van der Waals surface area contributed by atoms with Crippen molar-refractivity contribution in [3.05, 3.63) is 23.8 Å². The van der Waals surface area contributed by atoms with E-state index in [2.05, 4.69) is 11.9 Å². The summed E-state index contributed by atoms with van der Waals surface area (Å²) in [7, 11) is 2.06. The summed E-state index contributed by atoms with van der Waals surface area (Å²) in [4.78, 5) is 16.1. The molecule has 5 heteroatoms. The molecule has 5 nitrogen and oxygen atoms in total. The Morgan fingerprint density at radius 2 is 2.00 bits per heavy atom. The minimum absolute atomic E-state index is 0.0370. The largest absolute Gasteiger partial charge is 0.483 e. The topological polar surface area (TPSA) is 58.8 Å². The maximum Gasteiger partial charge on any atom is 0.260 e. The molecule has 1 aromatic rings. The van der Waals surface area contributed by atoms with Crippen molar-refractivity contribution in [2.24, 2.45) is 0 Å². The number of likely N-dealkylation sites (N-methyl/N-ethyl adjacent to an activating group) is 1. The number of hydrogen-bond acceptors (Lipinski definition) is 4. The lowest BCUT2D eigenvalue weighted by atomic mass is 10.2. The Labute approximate surface area is 113 Å². The zero-order valence-corrected chi connectivity index (χ0v) is 11.6. The van der Waals surface area contributed by atoms with Gasteiger partial charge in [-0.15, -0.1) is 0 Å². The van der Waals surface area contributed by atoms with E-state index in [0.717, 1.165) is 31.7 Å². The van der Waals surface area contributed by atoms with E-state index in [-0.39, 0.29) is 12.5 Å². The molecule has 0 saturated carbocycles. The van der Waals surface area contributed by atoms with Gasteiger partial charge in [-0.05, 0) is 26.1 Å². The van der Waals surface area contributed by atoms with Crippen LogP contribution in [-0.2, 0) is 4.79 Å². The molecule has 1 aliphatic rings. The lowest BCUT2D eigenvalue weighted by Crippen LogP contribution is -2.48. The number of piperazine rings is 1. The molecule has 104 valence electrons. The second kappa shape index (κ2) is 5.93. The van der Waals surface area contributed by atoms with Gasteiger partial charge in [0.1, 0.15) is 5.75 Å². The highest BCUT2D eigenvalue weighted by Gasteiger charge is 2.19. The quantitative estimate of drug-likeness (QED) is 0.817. The van der Waals surface area contributed by atoms with Crippen molar-refractivity contribution < 1.29 is 9.53 Å². The van der Waals surface area contributed by atoms with Gasteiger partial charge in [-0.1, -0.05) is 6.07 Å². The summed E-state index contributed by atoms with van der Waals surface area (Å²) in [5.41, 5.74) is 7.37. The fourth-order valence-corrected chi connectivity index (χ4v) is 2.07. The molecule has 0 bridgehead atoms. The number of carbonyl (C=O) groups is 1. The fourth-order valence-electron chi connectivity index (χ4n) is 2.07. The van der Waals surface area contributed by atoms with Crippen molar-refractivity contribution in [3.8, 4) is 5.75 Å². The van der Waals surface area contributed by atoms with E-state index in [1.165, 1.54) is 0 Å². The predicted octanol–water partition coefficient (Wildman–Crippen LogP) is 0.730. The molecule has 1 saturated heterocycles. The first-order chi connectivity index (χ1) is 9.08. The molecule has 2 N–H and O–H groups in total. The summed E-state index contributed by atoms with van der Waals surface area (Å²) >= 11 is 0. The number of nitrogens with zero attached hydrogens (tertiary/aromatic N) is 2. The Morgan fingerprint density at radius 1 is 1.32 bits per heavy atom. The standard InChI is InChI=1S/C14H21N3O2/c1-11-12(15)4-3-5-13(11)19-10-14(18)17-8-6-16(2)7-9-17/h3-5H,6-10,15H2,1-2H3. The first kappa shape index (κ1) is 13.7. The Kier molecular flexibility index (Phi) is 4.27. The number of hydrogen-bond donors (Lipinski definition) is 1. The van der Waals surface area contributed by atoms with Crippen LogP contribution in [0.4, 0.5) is 5.69 Å². The van der Waals surface area contributed by atoms with Crippen LogP contribution in [-0.4, -0.2) is 55.5 Å². The fraction of sp³-hybridized carbons (Fsp3) is 0.500. The Hall–Kier alpha value is -1.75. The highest BCUT2D eigenvalue weighted by atomic mass is 16.5. The van der Waals surface area contributed by atoms with Crippen molar-refractivity contribution in [1.29, 1.82) is 0 Å². The van der Waals surface area contributed by atoms with Crippen molar-refractivity contribution in [2.45, 2.75) is 6.92 Å². The second-order valence-corrected chi connectivity index (χ2v) is 4.94. The molecule has 0 spiro atoms. The maximum atomic E-state index is 12.0. The van der Waals surface area contributed by atoms with Gasteiger partial charge in [-0.3, -0.25) is 4.79 Å². The van der Waals surface area contributed by atoms with E-state index >= 15 is 0 Å². The van der Waals surface area contributed by atoms with Crippen LogP contribution in [0.1, 0.15) is 5.56 Å². The summed E-state index contributed by atoms with van der Waals surface area (Å²) in [5.74, 6) is 0.720. The summed E-state index contributed by atoms with van der Waals surface area (Å²) in [5, 5.41) is 0. The molecule has 0 atom stereocenters. The predicted molar refractivity (Wildman–Crippen MR) is 75.2 cm³/mol. The Morgan fingerprint density at radius 3 is 2.68 bits per heavy atom. The van der Waals surface area contributed by atoms with E-state index in [0.29, 0.717) is 11.4 Å². The third-order valence-corrected chi connectivity index (χ3v) is 3.53. The van der Waals surface area contributed by atoms with E-state index < -0.39 is 0 Å². The number of amides is 1. The molecule has 1 amide bonds. The summed E-state index contributed by atoms with van der Waals surface area (Å²) in [6.45, 7) is 5.36. The van der Waals surface area contributed by atoms with Crippen LogP contribution in [0, 0.1) is 6.92 Å². The van der Waals surface area contributed by atoms with Crippen LogP contribution in [0.2, 0.25) is 0 Å². The van der Waals surface area contributed by atoms with Crippen LogP contribution in [0.25, 0.3) is 0 Å². The minimum atomic E-state index is 0.0370. The van der Waals surface area contributed by atoms with Gasteiger partial charge in [-0.25, -0.2) is 0 Å². The number of nitrogen functional groups attached to an aromatic ring is 1. The van der Waals surface area contributed by atoms with Gasteiger partial charge in [0.25, 0.3) is 5.91 Å². The van der Waals surface area contributed by atoms with Crippen molar-refractivity contribution in [1.82, 2.24) is 9.80 Å². The molecular weight excluding hydrogens is 242 g/mol. The average molecular weight is 263 g/mol. The van der Waals surface area contributed by atoms with Crippen LogP contribution in [0.15, 0.2) is 18.2 Å². The first-order valence-corrected chi connectivity index (χ1v) is 6.52. The van der Waals surface area contributed by atoms with Gasteiger partial charge < -0.3 is 20.3 Å². The van der Waals surface area contributed by atoms with Crippen LogP contribution in [0.5, 0.6) is 5.75 Å². The monoisotopic (exact) mass is 263 g/mol. The average Bonchev–Trinajstić information content (AvgIpc) is 2.41. The summed E-state index contributed by atoms with van der Waals surface area (Å²) < 4.78 is 5.57. The molecule has 1 aliphatic heterocycles. The van der Waals surface area contributed by atoms with Gasteiger partial charge in [0.2, 0.25) is 0 Å². The van der Waals surface area contributed by atoms with Crippen molar-refractivity contribution in [3.63, 3.8) is 0 Å². The van der Waals surface area contributed by atoms with Gasteiger partial charge in [-0.2, -0.15) is 0 Å². The van der Waals surface area contributed by atoms with Gasteiger partial charge in [0.15, 0.2) is 6.61 Å². The van der Waals surface area contributed by atoms with Crippen molar-refractivity contribution >= 4 is 11.6 Å². The summed E-state index contributed by atoms with van der Waals surface area (Å²) in [6, 6.07) is 5.49. The number of rotatable bonds is 3. The highest BCUT2D eigenvalue weighted by molar-refractivity contribution is 5.78. The van der Waals surface area contributed by atoms with Gasteiger partial charge >= 0.3 is 0 Å². The molecule has 2 rings (SSSR count). The van der Waals surface area contributed by atoms with E-state index in [9.17, 15) is 4.79 Å². The highest BCUT2D eigenvalue weighted by Crippen LogP contribution is 2.22. The Balaban J connectivity index is 1.88. The van der Waals surface area contributed by atoms with Crippen LogP contribution < -0.4 is 10.5 Å². The van der Waals surface area contributed by atoms with E-state index in [4.69, 9.17) is 10.5 Å². The van der Waals surface area contributed by atoms with Crippen molar-refractivity contribution in [2.75, 3.05) is 45.6 Å². The minimum Gasteiger partial charge on any atom is -0.483 e. The Bertz CT molecular complexity index is 454. The van der Waals surface area contributed by atoms with E-state index in [1.54, 1.807) is 0 Å².